The molecule has 1 rings (SSSR count). The van der Waals surface area contributed by atoms with Crippen molar-refractivity contribution < 1.29 is 14.3 Å². The van der Waals surface area contributed by atoms with Crippen molar-refractivity contribution in [1.82, 2.24) is 5.32 Å². The summed E-state index contributed by atoms with van der Waals surface area (Å²) in [6.45, 7) is 1.02. The molecule has 1 aromatic rings. The van der Waals surface area contributed by atoms with Gasteiger partial charge in [0, 0.05) is 19.2 Å². The second kappa shape index (κ2) is 6.03. The third-order valence-corrected chi connectivity index (χ3v) is 1.92. The molecule has 4 nitrogen and oxygen atoms in total. The van der Waals surface area contributed by atoms with Gasteiger partial charge in [0.2, 0.25) is 0 Å². The van der Waals surface area contributed by atoms with Crippen molar-refractivity contribution in [2.24, 2.45) is 0 Å². The molecule has 1 aromatic carbocycles. The van der Waals surface area contributed by atoms with E-state index < -0.39 is 0 Å². The number of hydrogen-bond acceptors (Lipinski definition) is 3. The molecule has 1 N–H and O–H groups in total. The number of methoxy groups -OCH3 is 2. The van der Waals surface area contributed by atoms with Crippen molar-refractivity contribution in [3.63, 3.8) is 0 Å². The van der Waals surface area contributed by atoms with Crippen LogP contribution in [0.4, 0.5) is 0 Å². The number of hydrogen-bond donors (Lipinski definition) is 1. The Morgan fingerprint density at radius 3 is 2.87 bits per heavy atom. The summed E-state index contributed by atoms with van der Waals surface area (Å²) in [5.41, 5.74) is 0.588. The first-order valence-electron chi connectivity index (χ1n) is 4.69. The first-order chi connectivity index (χ1) is 7.27. The van der Waals surface area contributed by atoms with Crippen molar-refractivity contribution in [1.29, 1.82) is 0 Å². The molecule has 0 atom stereocenters. The molecule has 0 fully saturated rings. The smallest absolute Gasteiger partial charge is 0.251 e. The molecule has 0 heterocycles. The molecule has 0 aliphatic heterocycles. The van der Waals surface area contributed by atoms with Crippen LogP contribution >= 0.6 is 0 Å². The third-order valence-electron chi connectivity index (χ3n) is 1.92. The highest BCUT2D eigenvalue weighted by molar-refractivity contribution is 5.94. The van der Waals surface area contributed by atoms with Gasteiger partial charge < -0.3 is 14.8 Å². The summed E-state index contributed by atoms with van der Waals surface area (Å²) >= 11 is 0. The number of nitrogens with one attached hydrogen (secondary N) is 1. The van der Waals surface area contributed by atoms with Crippen molar-refractivity contribution in [3.8, 4) is 5.75 Å². The van der Waals surface area contributed by atoms with Gasteiger partial charge in [-0.25, -0.2) is 0 Å². The Kier molecular flexibility index (Phi) is 4.63. The van der Waals surface area contributed by atoms with E-state index >= 15 is 0 Å². The van der Waals surface area contributed by atoms with Crippen LogP contribution < -0.4 is 10.1 Å². The van der Waals surface area contributed by atoms with E-state index in [0.717, 1.165) is 0 Å². The van der Waals surface area contributed by atoms with E-state index in [4.69, 9.17) is 9.47 Å². The van der Waals surface area contributed by atoms with Crippen LogP contribution in [0.5, 0.6) is 5.75 Å². The molecule has 1 amide bonds. The molecule has 0 unspecified atom stereocenters. The lowest BCUT2D eigenvalue weighted by Crippen LogP contribution is -2.26. The molecule has 0 saturated carbocycles. The molecular weight excluding hydrogens is 194 g/mol. The molecule has 0 bridgehead atoms. The van der Waals surface area contributed by atoms with Crippen LogP contribution in [-0.4, -0.2) is 33.3 Å². The fourth-order valence-corrected chi connectivity index (χ4v) is 1.13. The van der Waals surface area contributed by atoms with Crippen LogP contribution in [0.1, 0.15) is 10.4 Å². The second-order valence-electron chi connectivity index (χ2n) is 2.98. The largest absolute Gasteiger partial charge is 0.497 e. The molecule has 0 aliphatic rings. The Hall–Kier alpha value is -1.55. The highest BCUT2D eigenvalue weighted by Crippen LogP contribution is 2.11. The van der Waals surface area contributed by atoms with E-state index in [9.17, 15) is 4.79 Å². The van der Waals surface area contributed by atoms with Crippen molar-refractivity contribution in [3.05, 3.63) is 29.8 Å². The summed E-state index contributed by atoms with van der Waals surface area (Å²) in [6, 6.07) is 7.02. The van der Waals surface area contributed by atoms with Gasteiger partial charge in [-0.3, -0.25) is 4.79 Å². The van der Waals surface area contributed by atoms with E-state index in [1.807, 2.05) is 0 Å². The van der Waals surface area contributed by atoms with Crippen LogP contribution in [0.15, 0.2) is 24.3 Å². The summed E-state index contributed by atoms with van der Waals surface area (Å²) in [6.07, 6.45) is 0. The summed E-state index contributed by atoms with van der Waals surface area (Å²) in [7, 11) is 3.17. The summed E-state index contributed by atoms with van der Waals surface area (Å²) in [5, 5.41) is 2.73. The predicted octanol–water partition coefficient (Wildman–Crippen LogP) is 1.07. The van der Waals surface area contributed by atoms with Gasteiger partial charge in [0.25, 0.3) is 5.91 Å². The van der Waals surface area contributed by atoms with Gasteiger partial charge in [0.05, 0.1) is 13.7 Å². The quantitative estimate of drug-likeness (QED) is 0.738. The molecular formula is C11H15NO3. The van der Waals surface area contributed by atoms with Crippen molar-refractivity contribution >= 4 is 5.91 Å². The SMILES string of the molecule is COCCNC(=O)c1cccc(OC)c1. The highest BCUT2D eigenvalue weighted by atomic mass is 16.5. The van der Waals surface area contributed by atoms with Gasteiger partial charge in [-0.05, 0) is 18.2 Å². The van der Waals surface area contributed by atoms with E-state index in [-0.39, 0.29) is 5.91 Å². The van der Waals surface area contributed by atoms with Crippen LogP contribution in [-0.2, 0) is 4.74 Å². The average molecular weight is 209 g/mol. The number of rotatable bonds is 5. The van der Waals surface area contributed by atoms with E-state index in [1.165, 1.54) is 0 Å². The highest BCUT2D eigenvalue weighted by Gasteiger charge is 2.04. The lowest BCUT2D eigenvalue weighted by atomic mass is 10.2. The molecule has 15 heavy (non-hydrogen) atoms. The topological polar surface area (TPSA) is 47.6 Å². The first kappa shape index (κ1) is 11.5. The Morgan fingerprint density at radius 2 is 2.20 bits per heavy atom. The normalized spacial score (nSPS) is 9.73. The van der Waals surface area contributed by atoms with Gasteiger partial charge in [-0.1, -0.05) is 6.07 Å². The minimum absolute atomic E-state index is 0.119. The monoisotopic (exact) mass is 209 g/mol. The molecule has 82 valence electrons. The van der Waals surface area contributed by atoms with E-state index in [2.05, 4.69) is 5.32 Å². The lowest BCUT2D eigenvalue weighted by molar-refractivity contribution is 0.0937. The molecule has 4 heteroatoms. The number of carbonyl (C=O) groups excluding carboxylic acids is 1. The Morgan fingerprint density at radius 1 is 1.40 bits per heavy atom. The van der Waals surface area contributed by atoms with Gasteiger partial charge in [-0.2, -0.15) is 0 Å². The van der Waals surface area contributed by atoms with Crippen LogP contribution in [0.3, 0.4) is 0 Å². The summed E-state index contributed by atoms with van der Waals surface area (Å²) < 4.78 is 9.86. The fourth-order valence-electron chi connectivity index (χ4n) is 1.13. The minimum Gasteiger partial charge on any atom is -0.497 e. The maximum absolute atomic E-state index is 11.6. The van der Waals surface area contributed by atoms with Crippen LogP contribution in [0.25, 0.3) is 0 Å². The third kappa shape index (κ3) is 3.59. The van der Waals surface area contributed by atoms with E-state index in [1.54, 1.807) is 38.5 Å². The Labute approximate surface area is 89.2 Å². The van der Waals surface area contributed by atoms with Crippen LogP contribution in [0.2, 0.25) is 0 Å². The van der Waals surface area contributed by atoms with E-state index in [0.29, 0.717) is 24.5 Å². The van der Waals surface area contributed by atoms with Gasteiger partial charge in [0.15, 0.2) is 0 Å². The number of benzene rings is 1. The first-order valence-corrected chi connectivity index (χ1v) is 4.69. The predicted molar refractivity (Wildman–Crippen MR) is 57.2 cm³/mol. The Bertz CT molecular complexity index is 325. The van der Waals surface area contributed by atoms with Crippen molar-refractivity contribution in [2.75, 3.05) is 27.4 Å². The molecule has 0 spiro atoms. The maximum Gasteiger partial charge on any atom is 0.251 e. The Balaban J connectivity index is 2.57. The molecule has 0 radical (unpaired) electrons. The maximum atomic E-state index is 11.6. The van der Waals surface area contributed by atoms with Gasteiger partial charge in [-0.15, -0.1) is 0 Å². The molecule has 0 aromatic heterocycles. The second-order valence-corrected chi connectivity index (χ2v) is 2.98. The average Bonchev–Trinajstić information content (AvgIpc) is 2.29. The number of amides is 1. The standard InChI is InChI=1S/C11H15NO3/c1-14-7-6-12-11(13)9-4-3-5-10(8-9)15-2/h3-5,8H,6-7H2,1-2H3,(H,12,13). The summed E-state index contributed by atoms with van der Waals surface area (Å²) in [5.74, 6) is 0.556. The lowest BCUT2D eigenvalue weighted by Gasteiger charge is -2.05. The zero-order valence-corrected chi connectivity index (χ0v) is 8.95. The minimum atomic E-state index is -0.119. The van der Waals surface area contributed by atoms with Crippen LogP contribution in [0, 0.1) is 0 Å². The fraction of sp³-hybridized carbons (Fsp3) is 0.364. The molecule has 0 aliphatic carbocycles. The number of ether oxygens (including phenoxy) is 2. The van der Waals surface area contributed by atoms with Crippen molar-refractivity contribution in [2.45, 2.75) is 0 Å². The zero-order chi connectivity index (χ0) is 11.1. The summed E-state index contributed by atoms with van der Waals surface area (Å²) in [4.78, 5) is 11.6. The van der Waals surface area contributed by atoms with Gasteiger partial charge >= 0.3 is 0 Å². The molecule has 0 saturated heterocycles. The number of carbonyl (C=O) groups is 1. The zero-order valence-electron chi connectivity index (χ0n) is 8.95. The van der Waals surface area contributed by atoms with Gasteiger partial charge in [0.1, 0.15) is 5.75 Å².